The summed E-state index contributed by atoms with van der Waals surface area (Å²) in [6, 6.07) is 27.2. The molecule has 0 unspecified atom stereocenters. The molecule has 0 saturated carbocycles. The van der Waals surface area contributed by atoms with Crippen molar-refractivity contribution in [2.24, 2.45) is 4.99 Å². The molecular weight excluding hydrogens is 665 g/mol. The number of allylic oxidation sites excluding steroid dienone is 4. The molecule has 231 valence electrons. The maximum atomic E-state index is 11.7. The maximum Gasteiger partial charge on any atom is 3.00 e. The van der Waals surface area contributed by atoms with Crippen molar-refractivity contribution < 1.29 is 43.7 Å². The van der Waals surface area contributed by atoms with Gasteiger partial charge in [-0.2, -0.15) is 6.07 Å². The molecule has 4 aromatic rings. The molecule has 0 aromatic heterocycles. The van der Waals surface area contributed by atoms with Gasteiger partial charge in [0.2, 0.25) is 0 Å². The van der Waals surface area contributed by atoms with Crippen LogP contribution in [0.15, 0.2) is 119 Å². The molecule has 1 aliphatic carbocycles. The molecule has 6 rings (SSSR count). The number of halogens is 1. The molecule has 0 atom stereocenters. The van der Waals surface area contributed by atoms with Gasteiger partial charge in [-0.1, -0.05) is 145 Å². The Balaban J connectivity index is 0.000000232. The van der Waals surface area contributed by atoms with E-state index < -0.39 is 0 Å². The summed E-state index contributed by atoms with van der Waals surface area (Å²) in [4.78, 5) is 4.48. The van der Waals surface area contributed by atoms with E-state index in [9.17, 15) is 5.11 Å². The van der Waals surface area contributed by atoms with Gasteiger partial charge in [0.05, 0.1) is 11.4 Å². The quantitative estimate of drug-likeness (QED) is 0.166. The summed E-state index contributed by atoms with van der Waals surface area (Å²) in [5.41, 5.74) is 12.0. The predicted octanol–water partition coefficient (Wildman–Crippen LogP) is 6.85. The van der Waals surface area contributed by atoms with Crippen molar-refractivity contribution in [3.8, 4) is 16.9 Å². The Bertz CT molecular complexity index is 1760. The van der Waals surface area contributed by atoms with E-state index in [-0.39, 0.29) is 63.6 Å². The Morgan fingerprint density at radius 1 is 0.844 bits per heavy atom. The van der Waals surface area contributed by atoms with Crippen LogP contribution in [0.2, 0.25) is 13.1 Å². The topological polar surface area (TPSA) is 35.4 Å². The molecule has 0 spiro atoms. The minimum Gasteiger partial charge on any atom is -1.00 e. The van der Waals surface area contributed by atoms with Gasteiger partial charge in [0.1, 0.15) is 0 Å². The molecule has 4 aromatic carbocycles. The molecule has 45 heavy (non-hydrogen) atoms. The molecular formula is C40H45ClNOSiZr. The van der Waals surface area contributed by atoms with Gasteiger partial charge >= 0.3 is 26.2 Å². The second-order valence-electron chi connectivity index (χ2n) is 13.7. The zero-order chi connectivity index (χ0) is 31.4. The number of benzene rings is 3. The van der Waals surface area contributed by atoms with Crippen LogP contribution < -0.4 is 17.5 Å². The number of nitrogens with zero attached hydrogens (tertiary/aromatic N) is 1. The second kappa shape index (κ2) is 16.2. The molecule has 0 amide bonds. The average molecular weight is 711 g/mol. The number of aryl methyl sites for hydroxylation is 1. The van der Waals surface area contributed by atoms with Crippen LogP contribution in [0.3, 0.4) is 0 Å². The molecule has 5 heteroatoms. The van der Waals surface area contributed by atoms with Crippen LogP contribution in [-0.4, -0.2) is 19.8 Å². The van der Waals surface area contributed by atoms with Crippen LogP contribution in [0.4, 0.5) is 0 Å². The number of hydrogen-bond donors (Lipinski definition) is 0. The number of aliphatic imine (C=N–C) groups is 1. The first-order chi connectivity index (χ1) is 20.2. The average Bonchev–Trinajstić information content (AvgIpc) is 3.62. The van der Waals surface area contributed by atoms with E-state index in [1.54, 1.807) is 6.07 Å². The van der Waals surface area contributed by atoms with Gasteiger partial charge in [-0.3, -0.25) is 0 Å². The minimum absolute atomic E-state index is 0. The first kappa shape index (κ1) is 38.4. The number of fused-ring (bicyclic) bond motifs is 2. The summed E-state index contributed by atoms with van der Waals surface area (Å²) in [6.45, 7) is 19.4. The van der Waals surface area contributed by atoms with Gasteiger partial charge in [-0.15, -0.1) is 40.3 Å². The molecule has 2 nitrogen and oxygen atoms in total. The van der Waals surface area contributed by atoms with Crippen LogP contribution in [0.1, 0.15) is 58.2 Å². The first-order valence-electron chi connectivity index (χ1n) is 15.1. The van der Waals surface area contributed by atoms with E-state index in [0.29, 0.717) is 0 Å². The van der Waals surface area contributed by atoms with Crippen LogP contribution >= 0.6 is 0 Å². The normalized spacial score (nSPS) is 13.0. The van der Waals surface area contributed by atoms with E-state index in [2.05, 4.69) is 157 Å². The predicted molar refractivity (Wildman–Crippen MR) is 189 cm³/mol. The summed E-state index contributed by atoms with van der Waals surface area (Å²) >= 11 is 0. The van der Waals surface area contributed by atoms with Crippen molar-refractivity contribution in [3.05, 3.63) is 131 Å². The van der Waals surface area contributed by atoms with Gasteiger partial charge in [-0.05, 0) is 34.1 Å². The Labute approximate surface area is 297 Å². The molecule has 1 aliphatic heterocycles. The molecule has 0 N–H and O–H groups in total. The van der Waals surface area contributed by atoms with Crippen molar-refractivity contribution in [2.75, 3.05) is 0 Å². The van der Waals surface area contributed by atoms with Crippen molar-refractivity contribution in [2.45, 2.75) is 72.4 Å². The van der Waals surface area contributed by atoms with Crippen LogP contribution in [0, 0.1) is 6.92 Å². The van der Waals surface area contributed by atoms with Crippen molar-refractivity contribution in [1.29, 1.82) is 0 Å². The van der Waals surface area contributed by atoms with Crippen LogP contribution in [-0.2, 0) is 37.0 Å². The summed E-state index contributed by atoms with van der Waals surface area (Å²) in [6.07, 6.45) is 8.38. The zero-order valence-electron chi connectivity index (χ0n) is 28.1. The molecule has 2 aliphatic rings. The van der Waals surface area contributed by atoms with Crippen molar-refractivity contribution in [1.82, 2.24) is 0 Å². The molecule has 0 saturated heterocycles. The second-order valence-corrected chi connectivity index (χ2v) is 16.1. The van der Waals surface area contributed by atoms with Crippen molar-refractivity contribution >= 4 is 30.6 Å². The van der Waals surface area contributed by atoms with Crippen LogP contribution in [0.5, 0.6) is 5.75 Å². The first-order valence-corrected chi connectivity index (χ1v) is 17.7. The van der Waals surface area contributed by atoms with Gasteiger partial charge in [-0.25, -0.2) is 4.99 Å². The summed E-state index contributed by atoms with van der Waals surface area (Å²) in [5.74, 6) is 0.149. The van der Waals surface area contributed by atoms with Crippen LogP contribution in [0.25, 0.3) is 21.9 Å². The minimum atomic E-state index is -0.300. The molecule has 0 bridgehead atoms. The molecule has 0 fully saturated rings. The monoisotopic (exact) mass is 708 g/mol. The van der Waals surface area contributed by atoms with Gasteiger partial charge < -0.3 is 17.5 Å². The standard InChI is InChI=1S/C16H13.C14H22O.C10H11NSi.ClH.Zr/c1-12-10-14-8-5-9-15(16(14)11-12)13-6-3-2-4-7-13;1-13(2,3)10-7-8-12(15)11(9-10)14(4,5)6;1-12(2)7-9-6-8-4-3-5-10(8)11-9;;/h2-11H,1H3;7-9,15H,1-6H3;3-7H,1-2H3;1H;/q-1;;;;+3/p-2. The molecule has 1 heterocycles. The van der Waals surface area contributed by atoms with Gasteiger partial charge in [0.15, 0.2) is 0 Å². The Morgan fingerprint density at radius 2 is 1.53 bits per heavy atom. The number of hydrogen-bond acceptors (Lipinski definition) is 2. The van der Waals surface area contributed by atoms with E-state index in [4.69, 9.17) is 0 Å². The van der Waals surface area contributed by atoms with E-state index in [1.165, 1.54) is 38.6 Å². The third-order valence-electron chi connectivity index (χ3n) is 7.45. The third kappa shape index (κ3) is 10.4. The Morgan fingerprint density at radius 3 is 2.13 bits per heavy atom. The zero-order valence-corrected chi connectivity index (χ0v) is 32.3. The Kier molecular flexibility index (Phi) is 13.8. The SMILES string of the molecule is CC(C)(C)c1ccc([O-])c(C(C)(C)C)c1.C[Si](C)=CC1=NC2=CC=CC2=C1.Cc1cc2c(-c3ccccc3)cccc2[cH-]1.[Cl-].[Zr+3]. The van der Waals surface area contributed by atoms with E-state index in [1.807, 2.05) is 12.1 Å². The summed E-state index contributed by atoms with van der Waals surface area (Å²) in [5, 5.41) is 14.4. The Hall–Kier alpha value is -2.78. The fourth-order valence-electron chi connectivity index (χ4n) is 5.19. The van der Waals surface area contributed by atoms with Gasteiger partial charge in [0, 0.05) is 14.0 Å². The number of rotatable bonds is 2. The van der Waals surface area contributed by atoms with E-state index in [0.717, 1.165) is 17.0 Å². The van der Waals surface area contributed by atoms with Crippen molar-refractivity contribution in [3.63, 3.8) is 0 Å². The summed E-state index contributed by atoms with van der Waals surface area (Å²) in [7, 11) is -0.300. The maximum absolute atomic E-state index is 11.7. The third-order valence-corrected chi connectivity index (χ3v) is 8.32. The largest absolute Gasteiger partial charge is 3.00 e. The van der Waals surface area contributed by atoms with Gasteiger partial charge in [0.25, 0.3) is 0 Å². The smallest absolute Gasteiger partial charge is 1.00 e. The summed E-state index contributed by atoms with van der Waals surface area (Å²) < 4.78 is 0. The van der Waals surface area contributed by atoms with E-state index >= 15 is 0 Å². The fourth-order valence-corrected chi connectivity index (χ4v) is 5.92. The fraction of sp³-hybridized carbons (Fsp3) is 0.275. The molecule has 1 radical (unpaired) electrons.